The van der Waals surface area contributed by atoms with E-state index >= 15 is 0 Å². The van der Waals surface area contributed by atoms with Crippen molar-refractivity contribution in [2.45, 2.75) is 50.2 Å². The van der Waals surface area contributed by atoms with E-state index in [1.807, 2.05) is 18.2 Å². The molecule has 0 saturated heterocycles. The second-order valence-corrected chi connectivity index (χ2v) is 9.35. The van der Waals surface area contributed by atoms with E-state index in [9.17, 15) is 18.0 Å². The van der Waals surface area contributed by atoms with Gasteiger partial charge in [0, 0.05) is 0 Å². The molecule has 0 aliphatic heterocycles. The van der Waals surface area contributed by atoms with Gasteiger partial charge in [-0.25, -0.2) is 13.2 Å². The lowest BCUT2D eigenvalue weighted by atomic mass is 9.87. The minimum absolute atomic E-state index is 0.0583. The van der Waals surface area contributed by atoms with E-state index in [0.29, 0.717) is 0 Å². The van der Waals surface area contributed by atoms with Crippen molar-refractivity contribution < 1.29 is 22.7 Å². The van der Waals surface area contributed by atoms with Crippen LogP contribution in [0.3, 0.4) is 0 Å². The maximum atomic E-state index is 12.6. The number of sulfone groups is 1. The highest BCUT2D eigenvalue weighted by Gasteiger charge is 2.27. The number of carbonyl (C=O) groups excluding carboxylic acids is 2. The standard InChI is InChI=1S/C22H25NO5S/c1-3-29(26,27)20-14-7-6-12-18(20)22(25)28-15(2)21(24)23-19-13-8-10-16-9-4-5-11-17(16)19/h4-7,9,11-12,14-15,19H,3,8,10,13H2,1-2H3,(H,23,24)/t15-,19+/m1/s1. The first-order valence-corrected chi connectivity index (χ1v) is 11.4. The highest BCUT2D eigenvalue weighted by atomic mass is 32.2. The predicted octanol–water partition coefficient (Wildman–Crippen LogP) is 3.22. The Morgan fingerprint density at radius 2 is 1.83 bits per heavy atom. The van der Waals surface area contributed by atoms with E-state index in [2.05, 4.69) is 11.4 Å². The highest BCUT2D eigenvalue weighted by molar-refractivity contribution is 7.91. The number of benzene rings is 2. The Kier molecular flexibility index (Phi) is 6.37. The van der Waals surface area contributed by atoms with Gasteiger partial charge in [0.05, 0.1) is 22.3 Å². The Bertz CT molecular complexity index is 1020. The summed E-state index contributed by atoms with van der Waals surface area (Å²) in [5.41, 5.74) is 2.24. The molecule has 154 valence electrons. The maximum absolute atomic E-state index is 12.6. The van der Waals surface area contributed by atoms with E-state index in [1.165, 1.54) is 31.5 Å². The van der Waals surface area contributed by atoms with Crippen LogP contribution in [0.2, 0.25) is 0 Å². The molecule has 1 amide bonds. The fourth-order valence-corrected chi connectivity index (χ4v) is 4.62. The highest BCUT2D eigenvalue weighted by Crippen LogP contribution is 2.29. The van der Waals surface area contributed by atoms with Gasteiger partial charge in [-0.2, -0.15) is 0 Å². The summed E-state index contributed by atoms with van der Waals surface area (Å²) in [6.07, 6.45) is 1.73. The average molecular weight is 416 g/mol. The van der Waals surface area contributed by atoms with Crippen molar-refractivity contribution in [1.82, 2.24) is 5.32 Å². The van der Waals surface area contributed by atoms with Crippen LogP contribution in [0.15, 0.2) is 53.4 Å². The van der Waals surface area contributed by atoms with Gasteiger partial charge < -0.3 is 10.1 Å². The van der Waals surface area contributed by atoms with Crippen LogP contribution >= 0.6 is 0 Å². The zero-order valence-electron chi connectivity index (χ0n) is 16.6. The third kappa shape index (κ3) is 4.67. The molecule has 0 spiro atoms. The van der Waals surface area contributed by atoms with Gasteiger partial charge in [0.1, 0.15) is 0 Å². The summed E-state index contributed by atoms with van der Waals surface area (Å²) >= 11 is 0. The minimum atomic E-state index is -3.59. The van der Waals surface area contributed by atoms with E-state index in [0.717, 1.165) is 24.8 Å². The van der Waals surface area contributed by atoms with Crippen LogP contribution in [0, 0.1) is 0 Å². The number of hydrogen-bond acceptors (Lipinski definition) is 5. The van der Waals surface area contributed by atoms with Crippen molar-refractivity contribution in [3.63, 3.8) is 0 Å². The fourth-order valence-electron chi connectivity index (χ4n) is 3.53. The van der Waals surface area contributed by atoms with Gasteiger partial charge in [0.2, 0.25) is 0 Å². The molecule has 0 bridgehead atoms. The molecule has 0 heterocycles. The van der Waals surface area contributed by atoms with Crippen LogP contribution in [0.1, 0.15) is 54.2 Å². The number of carbonyl (C=O) groups is 2. The molecule has 29 heavy (non-hydrogen) atoms. The van der Waals surface area contributed by atoms with Gasteiger partial charge in [0.25, 0.3) is 5.91 Å². The number of amides is 1. The lowest BCUT2D eigenvalue weighted by molar-refractivity contribution is -0.130. The second-order valence-electron chi connectivity index (χ2n) is 7.10. The first-order valence-electron chi connectivity index (χ1n) is 9.74. The van der Waals surface area contributed by atoms with E-state index < -0.39 is 27.8 Å². The van der Waals surface area contributed by atoms with Crippen molar-refractivity contribution in [2.75, 3.05) is 5.75 Å². The normalized spacial score (nSPS) is 17.1. The maximum Gasteiger partial charge on any atom is 0.340 e. The summed E-state index contributed by atoms with van der Waals surface area (Å²) in [4.78, 5) is 25.1. The van der Waals surface area contributed by atoms with E-state index in [-0.39, 0.29) is 22.3 Å². The third-order valence-electron chi connectivity index (χ3n) is 5.16. The summed E-state index contributed by atoms with van der Waals surface area (Å²) in [6.45, 7) is 2.99. The van der Waals surface area contributed by atoms with Crippen molar-refractivity contribution in [1.29, 1.82) is 0 Å². The average Bonchev–Trinajstić information content (AvgIpc) is 2.73. The molecule has 0 unspecified atom stereocenters. The first kappa shape index (κ1) is 21.0. The first-order chi connectivity index (χ1) is 13.8. The van der Waals surface area contributed by atoms with Gasteiger partial charge in [-0.3, -0.25) is 4.79 Å². The Morgan fingerprint density at radius 3 is 2.59 bits per heavy atom. The lowest BCUT2D eigenvalue weighted by Crippen LogP contribution is -2.39. The number of ether oxygens (including phenoxy) is 1. The van der Waals surface area contributed by atoms with E-state index in [4.69, 9.17) is 4.74 Å². The number of nitrogens with one attached hydrogen (secondary N) is 1. The van der Waals surface area contributed by atoms with Crippen LogP contribution in [0.4, 0.5) is 0 Å². The fraction of sp³-hybridized carbons (Fsp3) is 0.364. The summed E-state index contributed by atoms with van der Waals surface area (Å²) in [5.74, 6) is -1.37. The zero-order valence-corrected chi connectivity index (χ0v) is 17.4. The largest absolute Gasteiger partial charge is 0.449 e. The summed E-state index contributed by atoms with van der Waals surface area (Å²) < 4.78 is 29.8. The minimum Gasteiger partial charge on any atom is -0.449 e. The van der Waals surface area contributed by atoms with Crippen molar-refractivity contribution in [3.8, 4) is 0 Å². The van der Waals surface area contributed by atoms with Crippen molar-refractivity contribution in [2.24, 2.45) is 0 Å². The van der Waals surface area contributed by atoms with Crippen LogP contribution in [0.25, 0.3) is 0 Å². The number of esters is 1. The number of aryl methyl sites for hydroxylation is 1. The van der Waals surface area contributed by atoms with Crippen LogP contribution in [-0.2, 0) is 25.8 Å². The van der Waals surface area contributed by atoms with Gasteiger partial charge in [0.15, 0.2) is 15.9 Å². The Morgan fingerprint density at radius 1 is 1.14 bits per heavy atom. The van der Waals surface area contributed by atoms with Crippen LogP contribution in [0.5, 0.6) is 0 Å². The molecule has 2 atom stereocenters. The quantitative estimate of drug-likeness (QED) is 0.732. The molecule has 0 fully saturated rings. The molecule has 7 heteroatoms. The molecular weight excluding hydrogens is 390 g/mol. The van der Waals surface area contributed by atoms with Crippen LogP contribution < -0.4 is 5.32 Å². The Hall–Kier alpha value is -2.67. The van der Waals surface area contributed by atoms with Gasteiger partial charge >= 0.3 is 5.97 Å². The molecule has 6 nitrogen and oxygen atoms in total. The van der Waals surface area contributed by atoms with Crippen molar-refractivity contribution in [3.05, 3.63) is 65.2 Å². The summed E-state index contributed by atoms with van der Waals surface area (Å²) in [6, 6.07) is 13.7. The topological polar surface area (TPSA) is 89.5 Å². The number of hydrogen-bond donors (Lipinski definition) is 1. The monoisotopic (exact) mass is 415 g/mol. The molecular formula is C22H25NO5S. The lowest BCUT2D eigenvalue weighted by Gasteiger charge is -2.27. The molecule has 1 aliphatic carbocycles. The second kappa shape index (κ2) is 8.78. The molecule has 0 aromatic heterocycles. The molecule has 2 aromatic carbocycles. The Labute approximate surface area is 171 Å². The molecule has 0 radical (unpaired) electrons. The number of rotatable bonds is 6. The van der Waals surface area contributed by atoms with Crippen LogP contribution in [-0.4, -0.2) is 32.2 Å². The number of fused-ring (bicyclic) bond motifs is 1. The van der Waals surface area contributed by atoms with E-state index in [1.54, 1.807) is 12.1 Å². The summed E-state index contributed by atoms with van der Waals surface area (Å²) in [7, 11) is -3.59. The predicted molar refractivity (Wildman–Crippen MR) is 109 cm³/mol. The molecule has 1 N–H and O–H groups in total. The molecule has 3 rings (SSSR count). The molecule has 2 aromatic rings. The zero-order chi connectivity index (χ0) is 21.0. The third-order valence-corrected chi connectivity index (χ3v) is 6.95. The van der Waals surface area contributed by atoms with Gasteiger partial charge in [-0.1, -0.05) is 43.3 Å². The molecule has 1 aliphatic rings. The smallest absolute Gasteiger partial charge is 0.340 e. The van der Waals surface area contributed by atoms with Gasteiger partial charge in [-0.15, -0.1) is 0 Å². The summed E-state index contributed by atoms with van der Waals surface area (Å²) in [5, 5.41) is 2.95. The molecule has 0 saturated carbocycles. The van der Waals surface area contributed by atoms with Gasteiger partial charge in [-0.05, 0) is 49.4 Å². The Balaban J connectivity index is 1.71. The SMILES string of the molecule is CCS(=O)(=O)c1ccccc1C(=O)O[C@H](C)C(=O)N[C@H]1CCCc2ccccc21. The van der Waals surface area contributed by atoms with Crippen molar-refractivity contribution >= 4 is 21.7 Å².